The maximum Gasteiger partial charge on any atom is 0.127 e. The van der Waals surface area contributed by atoms with Crippen LogP contribution in [-0.2, 0) is 12.8 Å². The molecule has 0 radical (unpaired) electrons. The second kappa shape index (κ2) is 37.9. The number of ether oxygens (including phenoxy) is 4. The van der Waals surface area contributed by atoms with E-state index >= 15 is 0 Å². The van der Waals surface area contributed by atoms with Gasteiger partial charge in [0.05, 0.1) is 26.4 Å². The van der Waals surface area contributed by atoms with Crippen LogP contribution in [0.4, 0.5) is 0 Å². The zero-order valence-corrected chi connectivity index (χ0v) is 65.0. The van der Waals surface area contributed by atoms with Gasteiger partial charge in [0.25, 0.3) is 0 Å². The molecule has 2 aliphatic carbocycles. The van der Waals surface area contributed by atoms with Crippen LogP contribution in [0.15, 0.2) is 255 Å². The maximum absolute atomic E-state index is 7.11. The van der Waals surface area contributed by atoms with Crippen molar-refractivity contribution < 1.29 is 18.9 Å². The van der Waals surface area contributed by atoms with E-state index in [2.05, 4.69) is 282 Å². The van der Waals surface area contributed by atoms with Gasteiger partial charge in [0.2, 0.25) is 0 Å². The third-order valence-corrected chi connectivity index (χ3v) is 23.7. The van der Waals surface area contributed by atoms with Crippen molar-refractivity contribution >= 4 is 21.5 Å². The molecular weight excluding hydrogens is 1310 g/mol. The predicted molar refractivity (Wildman–Crippen MR) is 459 cm³/mol. The number of rotatable bonds is 35. The molecule has 0 spiro atoms. The van der Waals surface area contributed by atoms with E-state index in [1.165, 1.54) is 177 Å². The molecular formula is C104H114O4. The lowest BCUT2D eigenvalue weighted by atomic mass is 9.77. The molecule has 2 aliphatic rings. The summed E-state index contributed by atoms with van der Waals surface area (Å²) in [5, 5.41) is 4.70. The van der Waals surface area contributed by atoms with Crippen molar-refractivity contribution in [2.75, 3.05) is 26.4 Å². The average Bonchev–Trinajstić information content (AvgIpc) is 0.744. The minimum atomic E-state index is 0.609. The van der Waals surface area contributed by atoms with E-state index in [0.717, 1.165) is 134 Å². The van der Waals surface area contributed by atoms with Crippen molar-refractivity contribution in [3.63, 3.8) is 0 Å². The third kappa shape index (κ3) is 19.4. The summed E-state index contributed by atoms with van der Waals surface area (Å²) in [5.74, 6) is 6.72. The molecule has 0 heterocycles. The Morgan fingerprint density at radius 3 is 0.843 bits per heavy atom. The summed E-state index contributed by atoms with van der Waals surface area (Å²) < 4.78 is 26.9. The Kier molecular flexibility index (Phi) is 26.4. The molecule has 4 heteroatoms. The summed E-state index contributed by atoms with van der Waals surface area (Å²) in [6.45, 7) is 11.7. The van der Waals surface area contributed by atoms with Gasteiger partial charge in [-0.15, -0.1) is 0 Å². The highest BCUT2D eigenvalue weighted by atomic mass is 16.5. The molecule has 108 heavy (non-hydrogen) atoms. The Labute approximate surface area is 646 Å². The van der Waals surface area contributed by atoms with Crippen molar-refractivity contribution in [1.29, 1.82) is 0 Å². The second-order valence-electron chi connectivity index (χ2n) is 31.3. The molecule has 2 saturated carbocycles. The molecule has 0 atom stereocenters. The summed E-state index contributed by atoms with van der Waals surface area (Å²) in [6, 6.07) is 95.3. The van der Waals surface area contributed by atoms with E-state index in [9.17, 15) is 0 Å². The molecule has 12 aromatic rings. The SMILES string of the molecule is CCCc1ccc(-c2ccc(-c3ccc(OCCCCCCOc4ccc5cc(-c6ccc(C7CCC(CCC)CC7)cc6)ccc5c4-c4c(OCCCCCCOc5ccc(-c6ccc(-c7ccc(CCC)cc7)cc6)cc5)ccc5cc(-c6ccc(C7CCC(CCC)CC7)cc6)ccc45)cc3)cc2)cc1. The lowest BCUT2D eigenvalue weighted by Crippen LogP contribution is -2.13. The van der Waals surface area contributed by atoms with E-state index in [-0.39, 0.29) is 0 Å². The number of unbranched alkanes of at least 4 members (excludes halogenated alkanes) is 6. The molecule has 2 fully saturated rings. The Bertz CT molecular complexity index is 4440. The Hall–Kier alpha value is -9.64. The maximum atomic E-state index is 7.11. The van der Waals surface area contributed by atoms with E-state index in [1.54, 1.807) is 0 Å². The lowest BCUT2D eigenvalue weighted by molar-refractivity contribution is 0.286. The summed E-state index contributed by atoms with van der Waals surface area (Å²) in [4.78, 5) is 0. The van der Waals surface area contributed by atoms with E-state index < -0.39 is 0 Å². The highest BCUT2D eigenvalue weighted by Crippen LogP contribution is 2.48. The first-order valence-electron chi connectivity index (χ1n) is 41.8. The van der Waals surface area contributed by atoms with Crippen LogP contribution in [0.2, 0.25) is 0 Å². The van der Waals surface area contributed by atoms with Gasteiger partial charge in [0.15, 0.2) is 0 Å². The monoisotopic (exact) mass is 1430 g/mol. The molecule has 4 nitrogen and oxygen atoms in total. The smallest absolute Gasteiger partial charge is 0.127 e. The van der Waals surface area contributed by atoms with Crippen LogP contribution in [0.25, 0.3) is 99.4 Å². The van der Waals surface area contributed by atoms with E-state index in [0.29, 0.717) is 38.3 Å². The number of hydrogen-bond donors (Lipinski definition) is 0. The van der Waals surface area contributed by atoms with Gasteiger partial charge in [0.1, 0.15) is 23.0 Å². The first kappa shape index (κ1) is 75.2. The predicted octanol–water partition coefficient (Wildman–Crippen LogP) is 29.8. The molecule has 554 valence electrons. The lowest BCUT2D eigenvalue weighted by Gasteiger charge is -2.28. The van der Waals surface area contributed by atoms with Crippen molar-refractivity contribution in [2.24, 2.45) is 11.8 Å². The van der Waals surface area contributed by atoms with Crippen LogP contribution in [0.5, 0.6) is 23.0 Å². The first-order valence-corrected chi connectivity index (χ1v) is 41.8. The summed E-state index contributed by atoms with van der Waals surface area (Å²) >= 11 is 0. The van der Waals surface area contributed by atoms with E-state index in [4.69, 9.17) is 18.9 Å². The molecule has 0 unspecified atom stereocenters. The topological polar surface area (TPSA) is 36.9 Å². The number of fused-ring (bicyclic) bond motifs is 2. The minimum absolute atomic E-state index is 0.609. The molecule has 0 aromatic heterocycles. The number of hydrogen-bond acceptors (Lipinski definition) is 4. The molecule has 14 rings (SSSR count). The number of aryl methyl sites for hydroxylation is 2. The summed E-state index contributed by atoms with van der Waals surface area (Å²) in [6.07, 6.45) is 28.6. The van der Waals surface area contributed by atoms with Gasteiger partial charge in [-0.2, -0.15) is 0 Å². The first-order chi connectivity index (χ1) is 53.3. The fraction of sp³-hybridized carbons (Fsp3) is 0.346. The Morgan fingerprint density at radius 2 is 0.528 bits per heavy atom. The van der Waals surface area contributed by atoms with Crippen LogP contribution < -0.4 is 18.9 Å². The van der Waals surface area contributed by atoms with Crippen molar-refractivity contribution in [2.45, 2.75) is 194 Å². The zero-order valence-electron chi connectivity index (χ0n) is 65.0. The second-order valence-corrected chi connectivity index (χ2v) is 31.3. The van der Waals surface area contributed by atoms with Crippen LogP contribution in [0.1, 0.15) is 203 Å². The molecule has 0 N–H and O–H groups in total. The molecule has 0 bridgehead atoms. The summed E-state index contributed by atoms with van der Waals surface area (Å²) in [7, 11) is 0. The van der Waals surface area contributed by atoms with Crippen molar-refractivity contribution in [3.05, 3.63) is 277 Å². The number of benzene rings is 12. The van der Waals surface area contributed by atoms with Crippen molar-refractivity contribution in [3.8, 4) is 101 Å². The quantitative estimate of drug-likeness (QED) is 0.0371. The molecule has 0 aliphatic heterocycles. The molecule has 0 saturated heterocycles. The van der Waals surface area contributed by atoms with Gasteiger partial charge >= 0.3 is 0 Å². The highest BCUT2D eigenvalue weighted by molar-refractivity contribution is 6.11. The van der Waals surface area contributed by atoms with Gasteiger partial charge in [0, 0.05) is 11.1 Å². The van der Waals surface area contributed by atoms with Crippen LogP contribution in [-0.4, -0.2) is 26.4 Å². The largest absolute Gasteiger partial charge is 0.494 e. The molecule has 12 aromatic carbocycles. The fourth-order valence-corrected chi connectivity index (χ4v) is 17.4. The summed E-state index contributed by atoms with van der Waals surface area (Å²) in [5.41, 5.74) is 22.7. The standard InChI is InChI=1S/C104H114O4/c1-5-17-75-21-29-79(30-22-75)83-37-41-87(42-38-83)89-53-61-97(62-54-89)105-69-13-9-11-15-71-107-101-67-59-95-73-93(91-49-45-85(46-50-91)81-33-25-77(19-7-3)26-34-81)57-65-99(95)103(101)104-100-66-58-94(92-51-47-86(48-52-92)82-35-27-78(20-8-4)28-36-82)74-96(100)60-68-102(104)108-72-16-12-10-14-70-106-98-63-55-90(56-64-98)88-43-39-84(40-44-88)80-31-23-76(18-6-2)24-32-80/h21-24,29-32,37-68,73-74,77-78,81-82H,5-20,25-28,33-36,69-72H2,1-4H3. The Balaban J connectivity index is 0.662. The van der Waals surface area contributed by atoms with Crippen LogP contribution in [0.3, 0.4) is 0 Å². The van der Waals surface area contributed by atoms with Crippen LogP contribution >= 0.6 is 0 Å². The minimum Gasteiger partial charge on any atom is -0.494 e. The normalized spacial score (nSPS) is 15.9. The van der Waals surface area contributed by atoms with Crippen LogP contribution in [0, 0.1) is 11.8 Å². The highest BCUT2D eigenvalue weighted by Gasteiger charge is 2.25. The molecule has 0 amide bonds. The fourth-order valence-electron chi connectivity index (χ4n) is 17.4. The van der Waals surface area contributed by atoms with Gasteiger partial charge in [-0.3, -0.25) is 0 Å². The van der Waals surface area contributed by atoms with Gasteiger partial charge in [-0.1, -0.05) is 272 Å². The zero-order chi connectivity index (χ0) is 73.6. The average molecular weight is 1430 g/mol. The van der Waals surface area contributed by atoms with Gasteiger partial charge in [-0.25, -0.2) is 0 Å². The Morgan fingerprint density at radius 1 is 0.250 bits per heavy atom. The van der Waals surface area contributed by atoms with Gasteiger partial charge in [-0.05, 0) is 298 Å². The third-order valence-electron chi connectivity index (χ3n) is 23.7. The van der Waals surface area contributed by atoms with E-state index in [1.807, 2.05) is 0 Å². The van der Waals surface area contributed by atoms with Gasteiger partial charge < -0.3 is 18.9 Å². The van der Waals surface area contributed by atoms with Crippen molar-refractivity contribution in [1.82, 2.24) is 0 Å².